The van der Waals surface area contributed by atoms with Gasteiger partial charge in [0.15, 0.2) is 9.84 Å². The van der Waals surface area contributed by atoms with Gasteiger partial charge in [0.2, 0.25) is 0 Å². The number of hydrogen-bond donors (Lipinski definition) is 2. The lowest BCUT2D eigenvalue weighted by atomic mass is 9.84. The average molecular weight is 306 g/mol. The van der Waals surface area contributed by atoms with Gasteiger partial charge in [0, 0.05) is 25.4 Å². The van der Waals surface area contributed by atoms with Crippen LogP contribution in [0.5, 0.6) is 0 Å². The van der Waals surface area contributed by atoms with Crippen molar-refractivity contribution in [1.82, 2.24) is 10.2 Å². The van der Waals surface area contributed by atoms with Crippen molar-refractivity contribution < 1.29 is 23.1 Å². The minimum absolute atomic E-state index is 0.0462. The van der Waals surface area contributed by atoms with E-state index in [1.54, 1.807) is 13.8 Å². The number of sulfone groups is 1. The molecular formula is C12H22N2O5S. The van der Waals surface area contributed by atoms with Crippen molar-refractivity contribution >= 4 is 21.8 Å². The summed E-state index contributed by atoms with van der Waals surface area (Å²) < 4.78 is 22.6. The number of nitrogens with zero attached hydrogens (tertiary/aromatic N) is 1. The van der Waals surface area contributed by atoms with Gasteiger partial charge in [0.05, 0.1) is 11.2 Å². The molecule has 1 heterocycles. The maximum absolute atomic E-state index is 11.9. The third kappa shape index (κ3) is 3.84. The Hall–Kier alpha value is -1.31. The minimum atomic E-state index is -3.11. The van der Waals surface area contributed by atoms with E-state index in [1.165, 1.54) is 4.90 Å². The van der Waals surface area contributed by atoms with Gasteiger partial charge in [-0.1, -0.05) is 13.8 Å². The van der Waals surface area contributed by atoms with Gasteiger partial charge in [-0.3, -0.25) is 4.79 Å². The number of carboxylic acids is 1. The molecule has 0 aliphatic carbocycles. The number of nitrogens with one attached hydrogen (secondary N) is 1. The predicted octanol–water partition coefficient (Wildman–Crippen LogP) is 0.317. The van der Waals surface area contributed by atoms with E-state index in [4.69, 9.17) is 0 Å². The van der Waals surface area contributed by atoms with Crippen LogP contribution in [-0.4, -0.2) is 61.6 Å². The Kier molecular flexibility index (Phi) is 5.38. The van der Waals surface area contributed by atoms with E-state index >= 15 is 0 Å². The highest BCUT2D eigenvalue weighted by atomic mass is 32.2. The number of likely N-dealkylation sites (tertiary alicyclic amines) is 1. The van der Waals surface area contributed by atoms with E-state index < -0.39 is 27.3 Å². The van der Waals surface area contributed by atoms with Gasteiger partial charge >= 0.3 is 12.0 Å². The van der Waals surface area contributed by atoms with Crippen LogP contribution in [0, 0.1) is 5.41 Å². The van der Waals surface area contributed by atoms with Gasteiger partial charge < -0.3 is 15.3 Å². The second-order valence-corrected chi connectivity index (χ2v) is 7.55. The van der Waals surface area contributed by atoms with Gasteiger partial charge in [0.25, 0.3) is 0 Å². The smallest absolute Gasteiger partial charge is 0.317 e. The zero-order chi connectivity index (χ0) is 15.4. The number of carbonyl (C=O) groups is 2. The standard InChI is InChI=1S/C12H22N2O5S/c1-3-12(10(15)16)5-7-14(9-12)11(17)13-6-8-20(18,19)4-2/h3-9H2,1-2H3,(H,13,17)(H,15,16). The molecule has 1 aliphatic rings. The number of aliphatic carboxylic acids is 1. The monoisotopic (exact) mass is 306 g/mol. The van der Waals surface area contributed by atoms with Crippen LogP contribution in [0.3, 0.4) is 0 Å². The number of carbonyl (C=O) groups excluding carboxylic acids is 1. The first-order valence-corrected chi connectivity index (χ1v) is 8.55. The lowest BCUT2D eigenvalue weighted by Crippen LogP contribution is -2.43. The summed E-state index contributed by atoms with van der Waals surface area (Å²) in [7, 11) is -3.11. The molecule has 0 aromatic heterocycles. The summed E-state index contributed by atoms with van der Waals surface area (Å²) in [4.78, 5) is 24.6. The van der Waals surface area contributed by atoms with Gasteiger partial charge in [-0.25, -0.2) is 13.2 Å². The first-order valence-electron chi connectivity index (χ1n) is 6.73. The fraction of sp³-hybridized carbons (Fsp3) is 0.833. The number of urea groups is 1. The van der Waals surface area contributed by atoms with Crippen molar-refractivity contribution in [3.63, 3.8) is 0 Å². The van der Waals surface area contributed by atoms with E-state index in [9.17, 15) is 23.1 Å². The molecule has 1 saturated heterocycles. The molecule has 0 aromatic carbocycles. The van der Waals surface area contributed by atoms with Crippen molar-refractivity contribution in [2.24, 2.45) is 5.41 Å². The highest BCUT2D eigenvalue weighted by molar-refractivity contribution is 7.91. The Morgan fingerprint density at radius 1 is 1.35 bits per heavy atom. The number of rotatable bonds is 6. The molecule has 2 N–H and O–H groups in total. The van der Waals surface area contributed by atoms with Crippen molar-refractivity contribution in [2.75, 3.05) is 31.1 Å². The van der Waals surface area contributed by atoms with Gasteiger partial charge in [-0.05, 0) is 12.8 Å². The second-order valence-electron chi connectivity index (χ2n) is 5.08. The molecule has 116 valence electrons. The average Bonchev–Trinajstić information content (AvgIpc) is 2.84. The van der Waals surface area contributed by atoms with Crippen LogP contribution in [0.2, 0.25) is 0 Å². The molecule has 0 saturated carbocycles. The molecule has 8 heteroatoms. The molecule has 0 bridgehead atoms. The maximum atomic E-state index is 11.9. The largest absolute Gasteiger partial charge is 0.481 e. The minimum Gasteiger partial charge on any atom is -0.481 e. The molecule has 0 radical (unpaired) electrons. The van der Waals surface area contributed by atoms with E-state index in [-0.39, 0.29) is 24.6 Å². The second kappa shape index (κ2) is 6.43. The van der Waals surface area contributed by atoms with Crippen LogP contribution in [0.25, 0.3) is 0 Å². The van der Waals surface area contributed by atoms with Crippen LogP contribution in [0.4, 0.5) is 4.79 Å². The van der Waals surface area contributed by atoms with Crippen LogP contribution in [-0.2, 0) is 14.6 Å². The fourth-order valence-electron chi connectivity index (χ4n) is 2.23. The molecule has 1 aliphatic heterocycles. The highest BCUT2D eigenvalue weighted by Crippen LogP contribution is 2.34. The van der Waals surface area contributed by atoms with Crippen LogP contribution < -0.4 is 5.32 Å². The summed E-state index contributed by atoms with van der Waals surface area (Å²) >= 11 is 0. The molecular weight excluding hydrogens is 284 g/mol. The summed E-state index contributed by atoms with van der Waals surface area (Å²) in [6.07, 6.45) is 0.899. The first-order chi connectivity index (χ1) is 9.26. The third-order valence-corrected chi connectivity index (χ3v) is 5.61. The van der Waals surface area contributed by atoms with Gasteiger partial charge in [-0.2, -0.15) is 0 Å². The van der Waals surface area contributed by atoms with Crippen molar-refractivity contribution in [3.05, 3.63) is 0 Å². The number of hydrogen-bond acceptors (Lipinski definition) is 4. The quantitative estimate of drug-likeness (QED) is 0.735. The maximum Gasteiger partial charge on any atom is 0.317 e. The zero-order valence-corrected chi connectivity index (χ0v) is 12.7. The third-order valence-electron chi connectivity index (χ3n) is 3.90. The molecule has 2 amide bonds. The molecule has 7 nitrogen and oxygen atoms in total. The van der Waals surface area contributed by atoms with Crippen molar-refractivity contribution in [1.29, 1.82) is 0 Å². The summed E-state index contributed by atoms with van der Waals surface area (Å²) in [5.74, 6) is -0.935. The molecule has 1 atom stereocenters. The molecule has 1 fully saturated rings. The molecule has 20 heavy (non-hydrogen) atoms. The first kappa shape index (κ1) is 16.7. The Labute approximate surface area is 119 Å². The Morgan fingerprint density at radius 3 is 2.45 bits per heavy atom. The van der Waals surface area contributed by atoms with Crippen LogP contribution in [0.15, 0.2) is 0 Å². The van der Waals surface area contributed by atoms with Crippen LogP contribution >= 0.6 is 0 Å². The summed E-state index contributed by atoms with van der Waals surface area (Å²) in [6.45, 7) is 3.96. The summed E-state index contributed by atoms with van der Waals surface area (Å²) in [6, 6.07) is -0.395. The Balaban J connectivity index is 2.49. The van der Waals surface area contributed by atoms with Crippen LogP contribution in [0.1, 0.15) is 26.7 Å². The van der Waals surface area contributed by atoms with Gasteiger partial charge in [0.1, 0.15) is 0 Å². The zero-order valence-electron chi connectivity index (χ0n) is 11.9. The summed E-state index contributed by atoms with van der Waals surface area (Å²) in [5.41, 5.74) is -0.868. The van der Waals surface area contributed by atoms with Crippen molar-refractivity contribution in [2.45, 2.75) is 26.7 Å². The van der Waals surface area contributed by atoms with E-state index in [2.05, 4.69) is 5.32 Å². The lowest BCUT2D eigenvalue weighted by Gasteiger charge is -2.23. The SMILES string of the molecule is CCC1(C(=O)O)CCN(C(=O)NCCS(=O)(=O)CC)C1. The Morgan fingerprint density at radius 2 is 2.00 bits per heavy atom. The Bertz CT molecular complexity index is 476. The number of carboxylic acid groups (broad SMARTS) is 1. The highest BCUT2D eigenvalue weighted by Gasteiger charge is 2.44. The van der Waals surface area contributed by atoms with E-state index in [1.807, 2.05) is 0 Å². The number of amides is 2. The summed E-state index contributed by atoms with van der Waals surface area (Å²) in [5, 5.41) is 11.8. The van der Waals surface area contributed by atoms with E-state index in [0.717, 1.165) is 0 Å². The molecule has 1 rings (SSSR count). The van der Waals surface area contributed by atoms with E-state index in [0.29, 0.717) is 19.4 Å². The van der Waals surface area contributed by atoms with Gasteiger partial charge in [-0.15, -0.1) is 0 Å². The fourth-order valence-corrected chi connectivity index (χ4v) is 2.93. The lowest BCUT2D eigenvalue weighted by molar-refractivity contribution is -0.148. The molecule has 0 aromatic rings. The predicted molar refractivity (Wildman–Crippen MR) is 74.3 cm³/mol. The normalized spacial score (nSPS) is 22.8. The molecule has 0 spiro atoms. The van der Waals surface area contributed by atoms with Crippen molar-refractivity contribution in [3.8, 4) is 0 Å². The topological polar surface area (TPSA) is 104 Å². The molecule has 1 unspecified atom stereocenters.